The molecule has 78 valence electrons. The number of aryl methyl sites for hydroxylation is 1. The van der Waals surface area contributed by atoms with E-state index in [4.69, 9.17) is 21.1 Å². The first kappa shape index (κ1) is 11.3. The maximum Gasteiger partial charge on any atom is 0.171 e. The highest BCUT2D eigenvalue weighted by molar-refractivity contribution is 6.30. The van der Waals surface area contributed by atoms with Crippen molar-refractivity contribution >= 4 is 11.6 Å². The molecule has 0 N–H and O–H groups in total. The van der Waals surface area contributed by atoms with E-state index in [1.54, 1.807) is 7.11 Å². The Labute approximate surface area is 89.0 Å². The summed E-state index contributed by atoms with van der Waals surface area (Å²) in [6, 6.07) is 3.75. The van der Waals surface area contributed by atoms with E-state index in [1.165, 1.54) is 0 Å². The summed E-state index contributed by atoms with van der Waals surface area (Å²) < 4.78 is 10.2. The molecule has 0 saturated carbocycles. The van der Waals surface area contributed by atoms with E-state index in [0.29, 0.717) is 24.1 Å². The quantitative estimate of drug-likeness (QED) is 0.558. The number of halogens is 1. The summed E-state index contributed by atoms with van der Waals surface area (Å²) in [5.74, 6) is 0.612. The lowest BCUT2D eigenvalue weighted by Gasteiger charge is -2.07. The fourth-order valence-corrected chi connectivity index (χ4v) is 1.22. The smallest absolute Gasteiger partial charge is 0.171 e. The van der Waals surface area contributed by atoms with Crippen LogP contribution in [0.25, 0.3) is 0 Å². The molecule has 3 nitrogen and oxygen atoms in total. The van der Waals surface area contributed by atoms with E-state index in [2.05, 4.69) is 4.98 Å². The Hall–Kier alpha value is -0.800. The van der Waals surface area contributed by atoms with E-state index < -0.39 is 0 Å². The number of hydrogen-bond donors (Lipinski definition) is 0. The van der Waals surface area contributed by atoms with Gasteiger partial charge in [-0.1, -0.05) is 18.5 Å². The van der Waals surface area contributed by atoms with Gasteiger partial charge in [0.1, 0.15) is 6.61 Å². The van der Waals surface area contributed by atoms with E-state index in [9.17, 15) is 0 Å². The summed E-state index contributed by atoms with van der Waals surface area (Å²) in [5, 5.41) is 0.417. The van der Waals surface area contributed by atoms with Crippen LogP contribution in [0.2, 0.25) is 5.15 Å². The average Bonchev–Trinajstić information content (AvgIpc) is 2.20. The topological polar surface area (TPSA) is 31.4 Å². The average molecular weight is 216 g/mol. The van der Waals surface area contributed by atoms with Crippen LogP contribution in [0.1, 0.15) is 12.6 Å². The van der Waals surface area contributed by atoms with Gasteiger partial charge in [-0.25, -0.2) is 4.98 Å². The molecule has 1 aromatic heterocycles. The second-order valence-corrected chi connectivity index (χ2v) is 3.14. The fourth-order valence-electron chi connectivity index (χ4n) is 0.999. The molecular weight excluding hydrogens is 202 g/mol. The van der Waals surface area contributed by atoms with Crippen LogP contribution >= 0.6 is 11.6 Å². The summed E-state index contributed by atoms with van der Waals surface area (Å²) in [6.45, 7) is 3.07. The molecule has 4 heteroatoms. The molecule has 0 radical (unpaired) electrons. The van der Waals surface area contributed by atoms with Crippen LogP contribution in [0.4, 0.5) is 0 Å². The number of methoxy groups -OCH3 is 1. The molecule has 0 saturated heterocycles. The van der Waals surface area contributed by atoms with Gasteiger partial charge in [-0.05, 0) is 18.6 Å². The zero-order valence-corrected chi connectivity index (χ0v) is 9.17. The number of ether oxygens (including phenoxy) is 2. The van der Waals surface area contributed by atoms with Crippen molar-refractivity contribution in [1.82, 2.24) is 4.98 Å². The predicted molar refractivity (Wildman–Crippen MR) is 56.0 cm³/mol. The van der Waals surface area contributed by atoms with Gasteiger partial charge in [0.2, 0.25) is 0 Å². The van der Waals surface area contributed by atoms with Crippen molar-refractivity contribution in [3.63, 3.8) is 0 Å². The van der Waals surface area contributed by atoms with Crippen LogP contribution < -0.4 is 4.74 Å². The molecular formula is C10H14ClNO2. The molecule has 0 aliphatic heterocycles. The van der Waals surface area contributed by atoms with Crippen molar-refractivity contribution in [2.75, 3.05) is 20.3 Å². The summed E-state index contributed by atoms with van der Waals surface area (Å²) >= 11 is 5.91. The Kier molecular flexibility index (Phi) is 4.70. The highest BCUT2D eigenvalue weighted by atomic mass is 35.5. The summed E-state index contributed by atoms with van der Waals surface area (Å²) in [4.78, 5) is 4.17. The van der Waals surface area contributed by atoms with Gasteiger partial charge in [-0.2, -0.15) is 0 Å². The van der Waals surface area contributed by atoms with E-state index in [1.807, 2.05) is 19.1 Å². The van der Waals surface area contributed by atoms with Gasteiger partial charge in [0, 0.05) is 12.8 Å². The second kappa shape index (κ2) is 5.83. The van der Waals surface area contributed by atoms with Crippen LogP contribution in [0.3, 0.4) is 0 Å². The van der Waals surface area contributed by atoms with Crippen LogP contribution in [0, 0.1) is 0 Å². The standard InChI is InChI=1S/C10H14ClNO2/c1-3-8-4-5-9(10(11)12-8)14-7-6-13-2/h4-5H,3,6-7H2,1-2H3. The van der Waals surface area contributed by atoms with E-state index in [0.717, 1.165) is 12.1 Å². The van der Waals surface area contributed by atoms with Crippen molar-refractivity contribution in [2.24, 2.45) is 0 Å². The zero-order chi connectivity index (χ0) is 10.4. The van der Waals surface area contributed by atoms with Crippen molar-refractivity contribution in [1.29, 1.82) is 0 Å². The van der Waals surface area contributed by atoms with Gasteiger partial charge in [-0.15, -0.1) is 0 Å². The maximum absolute atomic E-state index is 5.91. The van der Waals surface area contributed by atoms with E-state index >= 15 is 0 Å². The van der Waals surface area contributed by atoms with Crippen LogP contribution in [0.15, 0.2) is 12.1 Å². The molecule has 0 amide bonds. The first-order valence-electron chi connectivity index (χ1n) is 4.55. The Morgan fingerprint density at radius 1 is 1.36 bits per heavy atom. The Morgan fingerprint density at radius 2 is 2.14 bits per heavy atom. The largest absolute Gasteiger partial charge is 0.488 e. The van der Waals surface area contributed by atoms with Crippen molar-refractivity contribution in [3.8, 4) is 5.75 Å². The fraction of sp³-hybridized carbons (Fsp3) is 0.500. The van der Waals surface area contributed by atoms with Crippen molar-refractivity contribution in [2.45, 2.75) is 13.3 Å². The number of nitrogens with zero attached hydrogens (tertiary/aromatic N) is 1. The van der Waals surface area contributed by atoms with Gasteiger partial charge in [-0.3, -0.25) is 0 Å². The number of hydrogen-bond acceptors (Lipinski definition) is 3. The molecule has 0 fully saturated rings. The Balaban J connectivity index is 2.59. The van der Waals surface area contributed by atoms with Crippen LogP contribution in [-0.4, -0.2) is 25.3 Å². The predicted octanol–water partition coefficient (Wildman–Crippen LogP) is 2.32. The van der Waals surface area contributed by atoms with Gasteiger partial charge in [0.05, 0.1) is 6.61 Å². The minimum atomic E-state index is 0.417. The Morgan fingerprint density at radius 3 is 2.71 bits per heavy atom. The highest BCUT2D eigenvalue weighted by Crippen LogP contribution is 2.22. The lowest BCUT2D eigenvalue weighted by Crippen LogP contribution is -2.05. The zero-order valence-electron chi connectivity index (χ0n) is 8.42. The van der Waals surface area contributed by atoms with Crippen LogP contribution in [-0.2, 0) is 11.2 Å². The summed E-state index contributed by atoms with van der Waals surface area (Å²) in [7, 11) is 1.63. The molecule has 14 heavy (non-hydrogen) atoms. The summed E-state index contributed by atoms with van der Waals surface area (Å²) in [6.07, 6.45) is 0.873. The highest BCUT2D eigenvalue weighted by Gasteiger charge is 2.03. The molecule has 0 aliphatic carbocycles. The summed E-state index contributed by atoms with van der Waals surface area (Å²) in [5.41, 5.74) is 0.967. The lowest BCUT2D eigenvalue weighted by atomic mass is 10.3. The first-order chi connectivity index (χ1) is 6.77. The number of pyridine rings is 1. The third kappa shape index (κ3) is 3.16. The van der Waals surface area contributed by atoms with Crippen LogP contribution in [0.5, 0.6) is 5.75 Å². The van der Waals surface area contributed by atoms with Gasteiger partial charge in [0.25, 0.3) is 0 Å². The third-order valence-corrected chi connectivity index (χ3v) is 2.05. The minimum absolute atomic E-state index is 0.417. The molecule has 1 rings (SSSR count). The van der Waals surface area contributed by atoms with E-state index in [-0.39, 0.29) is 0 Å². The Bertz CT molecular complexity index is 291. The van der Waals surface area contributed by atoms with Crippen molar-refractivity contribution < 1.29 is 9.47 Å². The SMILES string of the molecule is CCc1ccc(OCCOC)c(Cl)n1. The molecule has 1 aromatic rings. The second-order valence-electron chi connectivity index (χ2n) is 2.79. The molecule has 0 bridgehead atoms. The molecule has 0 unspecified atom stereocenters. The van der Waals surface area contributed by atoms with Gasteiger partial charge >= 0.3 is 0 Å². The molecule has 0 spiro atoms. The molecule has 0 atom stereocenters. The first-order valence-corrected chi connectivity index (χ1v) is 4.93. The molecule has 0 aromatic carbocycles. The molecule has 0 aliphatic rings. The molecule has 1 heterocycles. The normalized spacial score (nSPS) is 10.2. The number of rotatable bonds is 5. The monoisotopic (exact) mass is 215 g/mol. The third-order valence-electron chi connectivity index (χ3n) is 1.78. The van der Waals surface area contributed by atoms with Gasteiger partial charge in [0.15, 0.2) is 10.9 Å². The number of aromatic nitrogens is 1. The maximum atomic E-state index is 5.91. The van der Waals surface area contributed by atoms with Gasteiger partial charge < -0.3 is 9.47 Å². The lowest BCUT2D eigenvalue weighted by molar-refractivity contribution is 0.146. The van der Waals surface area contributed by atoms with Crippen molar-refractivity contribution in [3.05, 3.63) is 23.0 Å². The minimum Gasteiger partial charge on any atom is -0.488 e.